The van der Waals surface area contributed by atoms with E-state index in [9.17, 15) is 0 Å². The SMILES string of the molecule is CCc1nc2c(o1)CN(C1COC1)CC2. The van der Waals surface area contributed by atoms with E-state index in [1.165, 1.54) is 5.69 Å². The van der Waals surface area contributed by atoms with Crippen LogP contribution in [0.25, 0.3) is 0 Å². The Morgan fingerprint density at radius 1 is 1.47 bits per heavy atom. The number of hydrogen-bond donors (Lipinski definition) is 0. The van der Waals surface area contributed by atoms with Crippen LogP contribution >= 0.6 is 0 Å². The van der Waals surface area contributed by atoms with Gasteiger partial charge in [-0.1, -0.05) is 6.92 Å². The second-order valence-corrected chi connectivity index (χ2v) is 4.24. The van der Waals surface area contributed by atoms with Crippen LogP contribution < -0.4 is 0 Å². The summed E-state index contributed by atoms with van der Waals surface area (Å²) in [6.07, 6.45) is 1.91. The van der Waals surface area contributed by atoms with Crippen LogP contribution in [0, 0.1) is 0 Å². The Labute approximate surface area is 89.2 Å². The fourth-order valence-corrected chi connectivity index (χ4v) is 2.17. The van der Waals surface area contributed by atoms with Crippen molar-refractivity contribution < 1.29 is 9.15 Å². The minimum atomic E-state index is 0.605. The van der Waals surface area contributed by atoms with Crippen molar-refractivity contribution in [3.63, 3.8) is 0 Å². The van der Waals surface area contributed by atoms with Gasteiger partial charge in [-0.25, -0.2) is 4.98 Å². The third-order valence-electron chi connectivity index (χ3n) is 3.24. The number of rotatable bonds is 2. The summed E-state index contributed by atoms with van der Waals surface area (Å²) >= 11 is 0. The standard InChI is InChI=1S/C11H16N2O2/c1-2-11-12-9-3-4-13(5-10(9)15-11)8-6-14-7-8/h8H,2-7H2,1H3. The van der Waals surface area contributed by atoms with Gasteiger partial charge in [-0.3, -0.25) is 4.90 Å². The molecule has 0 aromatic carbocycles. The lowest BCUT2D eigenvalue weighted by molar-refractivity contribution is -0.0715. The largest absolute Gasteiger partial charge is 0.444 e. The molecule has 2 aliphatic rings. The van der Waals surface area contributed by atoms with Gasteiger partial charge in [-0.05, 0) is 0 Å². The summed E-state index contributed by atoms with van der Waals surface area (Å²) in [5, 5.41) is 0. The molecule has 0 unspecified atom stereocenters. The first-order valence-corrected chi connectivity index (χ1v) is 5.66. The number of aromatic nitrogens is 1. The first-order chi connectivity index (χ1) is 7.36. The molecule has 1 saturated heterocycles. The van der Waals surface area contributed by atoms with Crippen LogP contribution in [0.4, 0.5) is 0 Å². The molecule has 0 spiro atoms. The maximum absolute atomic E-state index is 5.71. The topological polar surface area (TPSA) is 38.5 Å². The van der Waals surface area contributed by atoms with E-state index in [0.717, 1.165) is 50.8 Å². The molecule has 0 bridgehead atoms. The molecule has 1 aromatic heterocycles. The molecule has 0 aliphatic carbocycles. The molecular formula is C11H16N2O2. The monoisotopic (exact) mass is 208 g/mol. The average Bonchev–Trinajstić information content (AvgIpc) is 2.57. The molecule has 0 saturated carbocycles. The predicted molar refractivity (Wildman–Crippen MR) is 54.6 cm³/mol. The van der Waals surface area contributed by atoms with Gasteiger partial charge in [0, 0.05) is 19.4 Å². The lowest BCUT2D eigenvalue weighted by atomic mass is 10.1. The molecule has 4 nitrogen and oxygen atoms in total. The molecule has 0 atom stereocenters. The maximum Gasteiger partial charge on any atom is 0.194 e. The Morgan fingerprint density at radius 2 is 2.33 bits per heavy atom. The molecule has 4 heteroatoms. The fraction of sp³-hybridized carbons (Fsp3) is 0.727. The van der Waals surface area contributed by atoms with Crippen LogP contribution in [-0.4, -0.2) is 35.7 Å². The Hall–Kier alpha value is -0.870. The summed E-state index contributed by atoms with van der Waals surface area (Å²) in [4.78, 5) is 6.92. The van der Waals surface area contributed by atoms with Crippen molar-refractivity contribution in [3.8, 4) is 0 Å². The lowest BCUT2D eigenvalue weighted by Crippen LogP contribution is -2.50. The van der Waals surface area contributed by atoms with E-state index < -0.39 is 0 Å². The second-order valence-electron chi connectivity index (χ2n) is 4.24. The molecule has 0 radical (unpaired) electrons. The Kier molecular flexibility index (Phi) is 2.25. The first-order valence-electron chi connectivity index (χ1n) is 5.66. The summed E-state index contributed by atoms with van der Waals surface area (Å²) in [6.45, 7) is 5.84. The number of ether oxygens (including phenoxy) is 1. The molecular weight excluding hydrogens is 192 g/mol. The molecule has 1 aromatic rings. The average molecular weight is 208 g/mol. The highest BCUT2D eigenvalue weighted by Gasteiger charge is 2.30. The van der Waals surface area contributed by atoms with Crippen LogP contribution in [0.5, 0.6) is 0 Å². The van der Waals surface area contributed by atoms with Crippen LogP contribution in [-0.2, 0) is 24.1 Å². The third kappa shape index (κ3) is 1.58. The highest BCUT2D eigenvalue weighted by molar-refractivity contribution is 5.14. The molecule has 82 valence electrons. The van der Waals surface area contributed by atoms with Gasteiger partial charge in [0.2, 0.25) is 0 Å². The van der Waals surface area contributed by atoms with Gasteiger partial charge >= 0.3 is 0 Å². The third-order valence-corrected chi connectivity index (χ3v) is 3.24. The minimum absolute atomic E-state index is 0.605. The zero-order valence-corrected chi connectivity index (χ0v) is 9.03. The van der Waals surface area contributed by atoms with Crippen molar-refractivity contribution in [1.82, 2.24) is 9.88 Å². The van der Waals surface area contributed by atoms with E-state index in [1.807, 2.05) is 0 Å². The first kappa shape index (κ1) is 9.36. The number of nitrogens with zero attached hydrogens (tertiary/aromatic N) is 2. The van der Waals surface area contributed by atoms with E-state index in [2.05, 4.69) is 16.8 Å². The van der Waals surface area contributed by atoms with Gasteiger partial charge in [0.15, 0.2) is 5.89 Å². The van der Waals surface area contributed by atoms with Crippen molar-refractivity contribution in [2.75, 3.05) is 19.8 Å². The molecule has 15 heavy (non-hydrogen) atoms. The van der Waals surface area contributed by atoms with Gasteiger partial charge in [0.25, 0.3) is 0 Å². The summed E-state index contributed by atoms with van der Waals surface area (Å²) in [5.41, 5.74) is 1.17. The zero-order chi connectivity index (χ0) is 10.3. The van der Waals surface area contributed by atoms with E-state index in [1.54, 1.807) is 0 Å². The molecule has 0 N–H and O–H groups in total. The number of fused-ring (bicyclic) bond motifs is 1. The smallest absolute Gasteiger partial charge is 0.194 e. The molecule has 0 amide bonds. The highest BCUT2D eigenvalue weighted by Crippen LogP contribution is 2.23. The van der Waals surface area contributed by atoms with E-state index in [-0.39, 0.29) is 0 Å². The van der Waals surface area contributed by atoms with Crippen LogP contribution in [0.2, 0.25) is 0 Å². The molecule has 1 fully saturated rings. The van der Waals surface area contributed by atoms with Gasteiger partial charge in [0.1, 0.15) is 5.76 Å². The number of hydrogen-bond acceptors (Lipinski definition) is 4. The summed E-state index contributed by atoms with van der Waals surface area (Å²) < 4.78 is 10.9. The number of aryl methyl sites for hydroxylation is 1. The summed E-state index contributed by atoms with van der Waals surface area (Å²) in [7, 11) is 0. The Balaban J connectivity index is 1.76. The molecule has 2 aliphatic heterocycles. The van der Waals surface area contributed by atoms with Crippen LogP contribution in [0.15, 0.2) is 4.42 Å². The summed E-state index contributed by atoms with van der Waals surface area (Å²) in [5.74, 6) is 1.96. The van der Waals surface area contributed by atoms with Gasteiger partial charge < -0.3 is 9.15 Å². The van der Waals surface area contributed by atoms with Gasteiger partial charge in [-0.15, -0.1) is 0 Å². The van der Waals surface area contributed by atoms with Crippen molar-refractivity contribution in [3.05, 3.63) is 17.3 Å². The van der Waals surface area contributed by atoms with Crippen molar-refractivity contribution in [2.45, 2.75) is 32.4 Å². The second kappa shape index (κ2) is 3.61. The van der Waals surface area contributed by atoms with Gasteiger partial charge in [-0.2, -0.15) is 0 Å². The molecule has 3 heterocycles. The van der Waals surface area contributed by atoms with Gasteiger partial charge in [0.05, 0.1) is 31.5 Å². The van der Waals surface area contributed by atoms with Crippen molar-refractivity contribution >= 4 is 0 Å². The quantitative estimate of drug-likeness (QED) is 0.726. The zero-order valence-electron chi connectivity index (χ0n) is 9.03. The maximum atomic E-state index is 5.71. The highest BCUT2D eigenvalue weighted by atomic mass is 16.5. The Bertz CT molecular complexity index is 357. The van der Waals surface area contributed by atoms with E-state index in [4.69, 9.17) is 9.15 Å². The van der Waals surface area contributed by atoms with Crippen molar-refractivity contribution in [2.24, 2.45) is 0 Å². The fourth-order valence-electron chi connectivity index (χ4n) is 2.17. The predicted octanol–water partition coefficient (Wildman–Crippen LogP) is 0.994. The van der Waals surface area contributed by atoms with E-state index in [0.29, 0.717) is 6.04 Å². The summed E-state index contributed by atoms with van der Waals surface area (Å²) in [6, 6.07) is 0.605. The normalized spacial score (nSPS) is 22.5. The Morgan fingerprint density at radius 3 is 3.00 bits per heavy atom. The van der Waals surface area contributed by atoms with Crippen molar-refractivity contribution in [1.29, 1.82) is 0 Å². The minimum Gasteiger partial charge on any atom is -0.444 e. The van der Waals surface area contributed by atoms with Crippen LogP contribution in [0.3, 0.4) is 0 Å². The molecule has 3 rings (SSSR count). The lowest BCUT2D eigenvalue weighted by Gasteiger charge is -2.38. The van der Waals surface area contributed by atoms with Crippen LogP contribution in [0.1, 0.15) is 24.3 Å². The van der Waals surface area contributed by atoms with E-state index >= 15 is 0 Å². The number of oxazole rings is 1.